The Kier molecular flexibility index (Phi) is 4.82. The van der Waals surface area contributed by atoms with Gasteiger partial charge >= 0.3 is 32.1 Å². The summed E-state index contributed by atoms with van der Waals surface area (Å²) in [6.07, 6.45) is 0. The zero-order chi connectivity index (χ0) is 4.50. The Bertz CT molecular complexity index is 27.2. The fourth-order valence-electron chi connectivity index (χ4n) is 0. The normalized spacial score (nSPS) is 10.0. The van der Waals surface area contributed by atoms with Gasteiger partial charge in [0.05, 0.1) is 0 Å². The van der Waals surface area contributed by atoms with Gasteiger partial charge in [-0.2, -0.15) is 0 Å². The van der Waals surface area contributed by atoms with E-state index < -0.39 is 9.05 Å². The Hall–Kier alpha value is 0.823. The summed E-state index contributed by atoms with van der Waals surface area (Å²) in [6.45, 7) is 0. The predicted molar refractivity (Wildman–Crippen MR) is 19.3 cm³/mol. The third-order valence-corrected chi connectivity index (χ3v) is 0. The van der Waals surface area contributed by atoms with Gasteiger partial charge in [0.25, 0.3) is 0 Å². The minimum atomic E-state index is -4.86. The predicted octanol–water partition coefficient (Wildman–Crippen LogP) is -3.51. The molecule has 6 heteroatoms. The molecule has 34 valence electrons. The van der Waals surface area contributed by atoms with Crippen molar-refractivity contribution in [2.45, 2.75) is 0 Å². The first-order valence-electron chi connectivity index (χ1n) is 0.875. The molecular weight excluding hydrogens is 116 g/mol. The third-order valence-electron chi connectivity index (χ3n) is 0. The van der Waals surface area contributed by atoms with E-state index in [0.29, 0.717) is 0 Å². The fourth-order valence-corrected chi connectivity index (χ4v) is 0. The molecule has 0 bridgehead atoms. The molecule has 0 fully saturated rings. The van der Waals surface area contributed by atoms with E-state index in [1.54, 1.807) is 0 Å². The summed E-state index contributed by atoms with van der Waals surface area (Å²) in [5.41, 5.74) is 0. The topological polar surface area (TPSA) is 83.8 Å². The number of rotatable bonds is 0. The zero-order valence-electron chi connectivity index (χ0n) is 3.96. The maximum Gasteiger partial charge on any atom is 2.00 e. The van der Waals surface area contributed by atoms with Gasteiger partial charge in [-0.25, -0.2) is 0 Å². The molecule has 0 unspecified atom stereocenters. The van der Waals surface area contributed by atoms with Gasteiger partial charge in [0, 0.05) is 0 Å². The monoisotopic (exact) mass is 120 g/mol. The van der Waals surface area contributed by atoms with Crippen molar-refractivity contribution in [3.63, 3.8) is 0 Å². The largest absolute Gasteiger partial charge is 2.00 e. The van der Waals surface area contributed by atoms with Crippen molar-refractivity contribution in [1.82, 2.24) is 0 Å². The molecule has 0 rings (SSSR count). The first-order valence-corrected chi connectivity index (χ1v) is 2.62. The number of hydrogen-bond acceptors (Lipinski definition) is 4. The molecule has 0 aromatic heterocycles. The molecule has 3 N–H and O–H groups in total. The molecule has 6 heavy (non-hydrogen) atoms. The van der Waals surface area contributed by atoms with Crippen LogP contribution < -0.4 is 4.80 Å². The van der Waals surface area contributed by atoms with Crippen LogP contribution in [0.4, 0.5) is 0 Å². The van der Waals surface area contributed by atoms with Crippen LogP contribution in [0.5, 0.6) is 0 Å². The molecular formula is H4MgO4Si. The fraction of sp³-hybridized carbons (Fsp3) is 0. The summed E-state index contributed by atoms with van der Waals surface area (Å²) >= 11 is 0. The molecule has 0 aliphatic carbocycles. The molecule has 0 aromatic carbocycles. The van der Waals surface area contributed by atoms with Crippen LogP contribution in [0.15, 0.2) is 0 Å². The second kappa shape index (κ2) is 2.91. The summed E-state index contributed by atoms with van der Waals surface area (Å²) in [5, 5.41) is 0. The van der Waals surface area contributed by atoms with Crippen LogP contribution in [0.25, 0.3) is 0 Å². The molecule has 0 saturated heterocycles. The Morgan fingerprint density at radius 1 is 1.33 bits per heavy atom. The van der Waals surface area contributed by atoms with Crippen LogP contribution in [-0.4, -0.2) is 46.5 Å². The van der Waals surface area contributed by atoms with Crippen LogP contribution in [0.2, 0.25) is 0 Å². The van der Waals surface area contributed by atoms with Crippen LogP contribution in [0, 0.1) is 0 Å². The molecule has 0 heterocycles. The molecule has 4 nitrogen and oxygen atoms in total. The molecule has 0 radical (unpaired) electrons. The maximum atomic E-state index is 8.91. The van der Waals surface area contributed by atoms with Crippen LogP contribution in [-0.2, 0) is 0 Å². The average Bonchev–Trinajstić information content (AvgIpc) is 0.722. The molecule has 0 amide bonds. The van der Waals surface area contributed by atoms with Gasteiger partial charge in [0.15, 0.2) is 0 Å². The zero-order valence-corrected chi connectivity index (χ0v) is 5.37. The van der Waals surface area contributed by atoms with Crippen molar-refractivity contribution < 1.29 is 20.6 Å². The minimum Gasteiger partial charge on any atom is -1.00 e. The third kappa shape index (κ3) is 104. The van der Waals surface area contributed by atoms with E-state index in [2.05, 4.69) is 0 Å². The van der Waals surface area contributed by atoms with Gasteiger partial charge in [-0.15, -0.1) is 0 Å². The Morgan fingerprint density at radius 3 is 1.33 bits per heavy atom. The van der Waals surface area contributed by atoms with Gasteiger partial charge < -0.3 is 20.6 Å². The molecule has 0 aliphatic rings. The van der Waals surface area contributed by atoms with Gasteiger partial charge in [0.2, 0.25) is 0 Å². The standard InChI is InChI=1S/Mg.H3O4Si.H/c;1-5(2,3)4;/h;1-3H;/q+2;2*-1. The molecule has 0 aromatic rings. The summed E-state index contributed by atoms with van der Waals surface area (Å²) in [5.74, 6) is 0. The van der Waals surface area contributed by atoms with Gasteiger partial charge in [-0.3, -0.25) is 0 Å². The maximum absolute atomic E-state index is 8.91. The summed E-state index contributed by atoms with van der Waals surface area (Å²) in [6, 6.07) is 0. The molecule has 0 atom stereocenters. The first kappa shape index (κ1) is 9.95. The van der Waals surface area contributed by atoms with Crippen molar-refractivity contribution >= 4 is 32.1 Å². The quantitative estimate of drug-likeness (QED) is 0.290. The van der Waals surface area contributed by atoms with Crippen LogP contribution in [0.1, 0.15) is 1.43 Å². The van der Waals surface area contributed by atoms with Gasteiger partial charge in [-0.05, 0) is 0 Å². The molecule has 0 spiro atoms. The van der Waals surface area contributed by atoms with Crippen molar-refractivity contribution in [3.8, 4) is 0 Å². The van der Waals surface area contributed by atoms with E-state index in [1.807, 2.05) is 0 Å². The van der Waals surface area contributed by atoms with E-state index in [-0.39, 0.29) is 24.5 Å². The van der Waals surface area contributed by atoms with E-state index in [9.17, 15) is 0 Å². The molecule has 0 aliphatic heterocycles. The smallest absolute Gasteiger partial charge is 1.00 e. The van der Waals surface area contributed by atoms with Gasteiger partial charge in [0.1, 0.15) is 0 Å². The summed E-state index contributed by atoms with van der Waals surface area (Å²) < 4.78 is 0. The second-order valence-corrected chi connectivity index (χ2v) is 1.72. The Balaban J connectivity index is -0.0000000800. The Labute approximate surface area is 53.2 Å². The average molecular weight is 120 g/mol. The minimum absolute atomic E-state index is 0. The van der Waals surface area contributed by atoms with Gasteiger partial charge in [-0.1, -0.05) is 0 Å². The van der Waals surface area contributed by atoms with Crippen LogP contribution >= 0.6 is 0 Å². The van der Waals surface area contributed by atoms with Crippen molar-refractivity contribution in [2.75, 3.05) is 0 Å². The first-order chi connectivity index (χ1) is 2.00. The summed E-state index contributed by atoms with van der Waals surface area (Å²) in [4.78, 5) is 30.6. The van der Waals surface area contributed by atoms with E-state index in [1.165, 1.54) is 0 Å². The van der Waals surface area contributed by atoms with E-state index in [4.69, 9.17) is 19.2 Å². The summed E-state index contributed by atoms with van der Waals surface area (Å²) in [7, 11) is -4.86. The second-order valence-electron chi connectivity index (χ2n) is 0.574. The van der Waals surface area contributed by atoms with E-state index in [0.717, 1.165) is 0 Å². The van der Waals surface area contributed by atoms with Crippen LogP contribution in [0.3, 0.4) is 0 Å². The van der Waals surface area contributed by atoms with Crippen molar-refractivity contribution in [2.24, 2.45) is 0 Å². The Morgan fingerprint density at radius 2 is 1.33 bits per heavy atom. The molecule has 0 saturated carbocycles. The SMILES string of the molecule is [H-].[Mg+2].[O-][Si](O)(O)O. The van der Waals surface area contributed by atoms with Crippen molar-refractivity contribution in [3.05, 3.63) is 0 Å². The van der Waals surface area contributed by atoms with Crippen molar-refractivity contribution in [1.29, 1.82) is 0 Å². The number of hydrogen-bond donors (Lipinski definition) is 3. The van der Waals surface area contributed by atoms with E-state index >= 15 is 0 Å².